The summed E-state index contributed by atoms with van der Waals surface area (Å²) in [6.45, 7) is 0.789. The highest BCUT2D eigenvalue weighted by molar-refractivity contribution is 5.86. The topological polar surface area (TPSA) is 47.2 Å². The second-order valence-electron chi connectivity index (χ2n) is 4.77. The Labute approximate surface area is 116 Å². The molecule has 0 saturated carbocycles. The summed E-state index contributed by atoms with van der Waals surface area (Å²) >= 11 is 0. The van der Waals surface area contributed by atoms with E-state index in [1.807, 2.05) is 36.8 Å². The van der Waals surface area contributed by atoms with Crippen LogP contribution in [0.1, 0.15) is 0 Å². The molecule has 0 amide bonds. The lowest BCUT2D eigenvalue weighted by molar-refractivity contribution is 1.11. The number of nitrogens with one attached hydrogen (secondary N) is 2. The Bertz CT molecular complexity index is 752. The zero-order valence-corrected chi connectivity index (χ0v) is 10.9. The number of aromatic amines is 2. The van der Waals surface area contributed by atoms with Crippen LogP contribution < -0.4 is 4.90 Å². The lowest BCUT2D eigenvalue weighted by Crippen LogP contribution is -2.20. The van der Waals surface area contributed by atoms with E-state index in [1.165, 1.54) is 5.56 Å². The summed E-state index contributed by atoms with van der Waals surface area (Å²) in [5.74, 6) is 0.915. The molecule has 2 N–H and O–H groups in total. The Morgan fingerprint density at radius 2 is 1.95 bits per heavy atom. The van der Waals surface area contributed by atoms with Crippen LogP contribution in [0.4, 0.5) is 17.2 Å². The van der Waals surface area contributed by atoms with E-state index in [9.17, 15) is 0 Å². The predicted octanol–water partition coefficient (Wildman–Crippen LogP) is 3.86. The van der Waals surface area contributed by atoms with Crippen LogP contribution in [0.5, 0.6) is 0 Å². The maximum Gasteiger partial charge on any atom is 0.153 e. The zero-order chi connectivity index (χ0) is 13.4. The lowest BCUT2D eigenvalue weighted by atomic mass is 10.1. The van der Waals surface area contributed by atoms with Gasteiger partial charge in [-0.25, -0.2) is 4.99 Å². The van der Waals surface area contributed by atoms with Gasteiger partial charge < -0.3 is 14.9 Å². The van der Waals surface area contributed by atoms with Crippen LogP contribution in [0.25, 0.3) is 11.3 Å². The van der Waals surface area contributed by atoms with Crippen LogP contribution in [0, 0.1) is 0 Å². The van der Waals surface area contributed by atoms with Crippen LogP contribution in [0.15, 0.2) is 59.9 Å². The molecule has 0 spiro atoms. The van der Waals surface area contributed by atoms with Crippen LogP contribution in [0.2, 0.25) is 0 Å². The molecule has 0 aliphatic carbocycles. The van der Waals surface area contributed by atoms with Gasteiger partial charge >= 0.3 is 0 Å². The number of aliphatic imine (C=N–C) groups is 1. The van der Waals surface area contributed by atoms with Gasteiger partial charge in [0.15, 0.2) is 5.82 Å². The standard InChI is InChI=1S/C16H14N4/c1-2-4-12(5-3-1)14-10-13(11-19-14)20-9-8-18-16-15(20)6-7-17-16/h1-8,10-11,17,19H,9H2. The molecule has 1 aliphatic rings. The number of nitrogens with zero attached hydrogens (tertiary/aromatic N) is 2. The second kappa shape index (κ2) is 4.42. The fourth-order valence-electron chi connectivity index (χ4n) is 2.55. The number of benzene rings is 1. The molecule has 2 aromatic heterocycles. The van der Waals surface area contributed by atoms with Gasteiger partial charge in [0.2, 0.25) is 0 Å². The molecule has 0 bridgehead atoms. The Morgan fingerprint density at radius 3 is 2.85 bits per heavy atom. The van der Waals surface area contributed by atoms with E-state index in [1.54, 1.807) is 0 Å². The number of H-pyrrole nitrogens is 2. The third-order valence-electron chi connectivity index (χ3n) is 3.54. The number of rotatable bonds is 2. The van der Waals surface area contributed by atoms with Gasteiger partial charge in [-0.15, -0.1) is 0 Å². The van der Waals surface area contributed by atoms with E-state index in [2.05, 4.69) is 44.1 Å². The van der Waals surface area contributed by atoms with E-state index < -0.39 is 0 Å². The molecule has 1 aromatic carbocycles. The molecule has 4 nitrogen and oxygen atoms in total. The molecule has 4 heteroatoms. The van der Waals surface area contributed by atoms with Crippen molar-refractivity contribution in [2.75, 3.05) is 11.4 Å². The highest BCUT2D eigenvalue weighted by atomic mass is 15.2. The summed E-state index contributed by atoms with van der Waals surface area (Å²) in [5.41, 5.74) is 4.58. The third-order valence-corrected chi connectivity index (χ3v) is 3.54. The van der Waals surface area contributed by atoms with E-state index in [0.29, 0.717) is 0 Å². The van der Waals surface area contributed by atoms with Crippen LogP contribution in [-0.2, 0) is 0 Å². The zero-order valence-electron chi connectivity index (χ0n) is 10.9. The molecule has 0 unspecified atom stereocenters. The van der Waals surface area contributed by atoms with Gasteiger partial charge in [0.05, 0.1) is 17.9 Å². The van der Waals surface area contributed by atoms with Crippen molar-refractivity contribution >= 4 is 23.4 Å². The fraction of sp³-hybridized carbons (Fsp3) is 0.0625. The van der Waals surface area contributed by atoms with E-state index in [4.69, 9.17) is 0 Å². The average molecular weight is 262 g/mol. The minimum Gasteiger partial charge on any atom is -0.359 e. The number of aromatic nitrogens is 2. The normalized spacial score (nSPS) is 13.5. The van der Waals surface area contributed by atoms with E-state index >= 15 is 0 Å². The summed E-state index contributed by atoms with van der Waals surface area (Å²) in [5, 5.41) is 0. The molecule has 20 heavy (non-hydrogen) atoms. The molecule has 1 aliphatic heterocycles. The summed E-state index contributed by atoms with van der Waals surface area (Å²) in [7, 11) is 0. The van der Waals surface area contributed by atoms with Crippen molar-refractivity contribution < 1.29 is 0 Å². The van der Waals surface area contributed by atoms with Gasteiger partial charge in [0.1, 0.15) is 0 Å². The molecule has 98 valence electrons. The van der Waals surface area contributed by atoms with Crippen molar-refractivity contribution in [1.29, 1.82) is 0 Å². The Kier molecular flexibility index (Phi) is 2.45. The van der Waals surface area contributed by atoms with Crippen molar-refractivity contribution in [3.05, 3.63) is 54.9 Å². The largest absolute Gasteiger partial charge is 0.359 e. The van der Waals surface area contributed by atoms with E-state index in [-0.39, 0.29) is 0 Å². The molecule has 0 radical (unpaired) electrons. The maximum absolute atomic E-state index is 4.36. The molecule has 0 atom stereocenters. The smallest absolute Gasteiger partial charge is 0.153 e. The van der Waals surface area contributed by atoms with Gasteiger partial charge in [0, 0.05) is 24.3 Å². The predicted molar refractivity (Wildman–Crippen MR) is 82.2 cm³/mol. The van der Waals surface area contributed by atoms with Crippen molar-refractivity contribution in [1.82, 2.24) is 9.97 Å². The first kappa shape index (κ1) is 11.1. The molecule has 0 saturated heterocycles. The Balaban J connectivity index is 1.72. The number of anilines is 2. The maximum atomic E-state index is 4.36. The monoisotopic (exact) mass is 262 g/mol. The van der Waals surface area contributed by atoms with Crippen molar-refractivity contribution in [2.24, 2.45) is 4.99 Å². The highest BCUT2D eigenvalue weighted by Gasteiger charge is 2.17. The lowest BCUT2D eigenvalue weighted by Gasteiger charge is -2.23. The van der Waals surface area contributed by atoms with Crippen LogP contribution in [0.3, 0.4) is 0 Å². The van der Waals surface area contributed by atoms with Crippen molar-refractivity contribution in [3.63, 3.8) is 0 Å². The van der Waals surface area contributed by atoms with Crippen molar-refractivity contribution in [2.45, 2.75) is 0 Å². The molecular weight excluding hydrogens is 248 g/mol. The van der Waals surface area contributed by atoms with Gasteiger partial charge in [-0.3, -0.25) is 0 Å². The average Bonchev–Trinajstić information content (AvgIpc) is 3.17. The second-order valence-corrected chi connectivity index (χ2v) is 4.77. The number of hydrogen-bond acceptors (Lipinski definition) is 2. The molecule has 3 heterocycles. The first-order valence-electron chi connectivity index (χ1n) is 6.63. The van der Waals surface area contributed by atoms with Gasteiger partial charge in [-0.05, 0) is 17.7 Å². The Morgan fingerprint density at radius 1 is 1.05 bits per heavy atom. The quantitative estimate of drug-likeness (QED) is 0.723. The molecular formula is C16H14N4. The van der Waals surface area contributed by atoms with Crippen molar-refractivity contribution in [3.8, 4) is 11.3 Å². The first-order chi connectivity index (χ1) is 9.92. The SMILES string of the molecule is C1=Nc2[nH]ccc2N(c2c[nH]c(-c3ccccc3)c2)C1. The molecule has 3 aromatic rings. The minimum atomic E-state index is 0.789. The van der Waals surface area contributed by atoms with Crippen LogP contribution >= 0.6 is 0 Å². The minimum absolute atomic E-state index is 0.789. The highest BCUT2D eigenvalue weighted by Crippen LogP contribution is 2.36. The van der Waals surface area contributed by atoms with Gasteiger partial charge in [-0.1, -0.05) is 30.3 Å². The first-order valence-corrected chi connectivity index (χ1v) is 6.63. The number of fused-ring (bicyclic) bond motifs is 1. The Hall–Kier alpha value is -2.75. The van der Waals surface area contributed by atoms with Gasteiger partial charge in [0.25, 0.3) is 0 Å². The summed E-state index contributed by atoms with van der Waals surface area (Å²) in [6.07, 6.45) is 5.89. The molecule has 0 fully saturated rings. The fourth-order valence-corrected chi connectivity index (χ4v) is 2.55. The van der Waals surface area contributed by atoms with Crippen LogP contribution in [-0.4, -0.2) is 22.7 Å². The number of hydrogen-bond donors (Lipinski definition) is 2. The molecule has 4 rings (SSSR count). The van der Waals surface area contributed by atoms with Gasteiger partial charge in [-0.2, -0.15) is 0 Å². The third kappa shape index (κ3) is 1.73. The summed E-state index contributed by atoms with van der Waals surface area (Å²) in [6, 6.07) is 14.6. The summed E-state index contributed by atoms with van der Waals surface area (Å²) < 4.78 is 0. The van der Waals surface area contributed by atoms with E-state index in [0.717, 1.165) is 29.4 Å². The summed E-state index contributed by atoms with van der Waals surface area (Å²) in [4.78, 5) is 13.1.